The molecule has 1 amide bonds. The molecule has 0 aromatic rings. The first kappa shape index (κ1) is 16.2. The van der Waals surface area contributed by atoms with Crippen LogP contribution in [0.15, 0.2) is 0 Å². The number of aliphatic hydroxyl groups is 1. The number of nitrogens with one attached hydrogen (secondary N) is 1. The van der Waals surface area contributed by atoms with Crippen LogP contribution >= 0.6 is 0 Å². The van der Waals surface area contributed by atoms with Gasteiger partial charge in [0.25, 0.3) is 0 Å². The average Bonchev–Trinajstić information content (AvgIpc) is 3.28. The molecule has 3 aliphatic rings. The lowest BCUT2D eigenvalue weighted by atomic mass is 10.0. The molecule has 126 valence electrons. The van der Waals surface area contributed by atoms with Gasteiger partial charge in [0.1, 0.15) is 0 Å². The maximum absolute atomic E-state index is 12.3. The number of carbonyl (C=O) groups is 1. The Labute approximate surface area is 134 Å². The number of hydrogen-bond acceptors (Lipinski definition) is 4. The van der Waals surface area contributed by atoms with Crippen molar-refractivity contribution < 1.29 is 9.90 Å². The maximum Gasteiger partial charge on any atom is 0.234 e. The summed E-state index contributed by atoms with van der Waals surface area (Å²) in [5.41, 5.74) is 0. The Morgan fingerprint density at radius 3 is 2.55 bits per heavy atom. The molecule has 1 aliphatic carbocycles. The minimum Gasteiger partial charge on any atom is -0.396 e. The van der Waals surface area contributed by atoms with Gasteiger partial charge < -0.3 is 15.3 Å². The van der Waals surface area contributed by atoms with Crippen LogP contribution in [0.1, 0.15) is 51.4 Å². The van der Waals surface area contributed by atoms with Crippen molar-refractivity contribution in [2.75, 3.05) is 32.8 Å². The second kappa shape index (κ2) is 7.75. The summed E-state index contributed by atoms with van der Waals surface area (Å²) in [4.78, 5) is 17.2. The van der Waals surface area contributed by atoms with E-state index >= 15 is 0 Å². The Morgan fingerprint density at radius 2 is 1.86 bits per heavy atom. The average molecular weight is 309 g/mol. The molecule has 2 aliphatic heterocycles. The minimum atomic E-state index is 0.195. The zero-order chi connectivity index (χ0) is 15.4. The fourth-order valence-corrected chi connectivity index (χ4v) is 4.06. The van der Waals surface area contributed by atoms with Gasteiger partial charge in [0.05, 0.1) is 6.54 Å². The van der Waals surface area contributed by atoms with Crippen LogP contribution in [0.4, 0.5) is 0 Å². The largest absolute Gasteiger partial charge is 0.396 e. The highest BCUT2D eigenvalue weighted by Gasteiger charge is 2.32. The van der Waals surface area contributed by atoms with Crippen LogP contribution in [0.2, 0.25) is 0 Å². The van der Waals surface area contributed by atoms with Gasteiger partial charge in [-0.2, -0.15) is 0 Å². The zero-order valence-corrected chi connectivity index (χ0v) is 13.7. The van der Waals surface area contributed by atoms with Crippen LogP contribution in [0.3, 0.4) is 0 Å². The highest BCUT2D eigenvalue weighted by atomic mass is 16.3. The molecule has 0 aromatic heterocycles. The molecule has 1 unspecified atom stereocenters. The number of carbonyl (C=O) groups excluding carboxylic acids is 1. The SMILES string of the molecule is O=C(CN1CCCC1CCCO)NC1CCN(C2CC2)CC1. The van der Waals surface area contributed by atoms with Gasteiger partial charge in [-0.1, -0.05) is 0 Å². The summed E-state index contributed by atoms with van der Waals surface area (Å²) < 4.78 is 0. The van der Waals surface area contributed by atoms with Crippen LogP contribution in [-0.2, 0) is 4.79 Å². The van der Waals surface area contributed by atoms with Crippen molar-refractivity contribution in [2.45, 2.75) is 69.5 Å². The second-order valence-corrected chi connectivity index (χ2v) is 7.24. The summed E-state index contributed by atoms with van der Waals surface area (Å²) in [6, 6.07) is 1.73. The third kappa shape index (κ3) is 4.43. The standard InChI is InChI=1S/C17H31N3O2/c21-12-2-4-15-3-1-9-20(15)13-17(22)18-14-7-10-19(11-8-14)16-5-6-16/h14-16,21H,1-13H2,(H,18,22). The third-order valence-electron chi connectivity index (χ3n) is 5.50. The summed E-state index contributed by atoms with van der Waals surface area (Å²) in [5.74, 6) is 0.195. The van der Waals surface area contributed by atoms with Crippen LogP contribution < -0.4 is 5.32 Å². The highest BCUT2D eigenvalue weighted by molar-refractivity contribution is 5.78. The predicted molar refractivity (Wildman–Crippen MR) is 86.7 cm³/mol. The molecular weight excluding hydrogens is 278 g/mol. The van der Waals surface area contributed by atoms with Crippen LogP contribution in [0.25, 0.3) is 0 Å². The molecule has 2 saturated heterocycles. The summed E-state index contributed by atoms with van der Waals surface area (Å²) in [5, 5.41) is 12.2. The normalized spacial score (nSPS) is 28.1. The second-order valence-electron chi connectivity index (χ2n) is 7.24. The van der Waals surface area contributed by atoms with E-state index in [-0.39, 0.29) is 12.5 Å². The number of likely N-dealkylation sites (tertiary alicyclic amines) is 2. The van der Waals surface area contributed by atoms with E-state index in [2.05, 4.69) is 15.1 Å². The van der Waals surface area contributed by atoms with E-state index in [4.69, 9.17) is 5.11 Å². The van der Waals surface area contributed by atoms with E-state index in [9.17, 15) is 4.79 Å². The van der Waals surface area contributed by atoms with E-state index < -0.39 is 0 Å². The fraction of sp³-hybridized carbons (Fsp3) is 0.941. The minimum absolute atomic E-state index is 0.195. The van der Waals surface area contributed by atoms with Crippen molar-refractivity contribution in [1.82, 2.24) is 15.1 Å². The molecule has 5 nitrogen and oxygen atoms in total. The van der Waals surface area contributed by atoms with E-state index in [1.54, 1.807) is 0 Å². The third-order valence-corrected chi connectivity index (χ3v) is 5.50. The molecule has 0 aromatic carbocycles. The smallest absolute Gasteiger partial charge is 0.234 e. The van der Waals surface area contributed by atoms with Gasteiger partial charge in [-0.3, -0.25) is 9.69 Å². The lowest BCUT2D eigenvalue weighted by Gasteiger charge is -2.33. The molecule has 0 radical (unpaired) electrons. The topological polar surface area (TPSA) is 55.8 Å². The summed E-state index contributed by atoms with van der Waals surface area (Å²) in [6.45, 7) is 4.13. The van der Waals surface area contributed by atoms with Crippen molar-refractivity contribution in [3.63, 3.8) is 0 Å². The molecule has 22 heavy (non-hydrogen) atoms. The molecule has 2 N–H and O–H groups in total. The van der Waals surface area contributed by atoms with Gasteiger partial charge in [-0.05, 0) is 57.9 Å². The van der Waals surface area contributed by atoms with Gasteiger partial charge >= 0.3 is 0 Å². The number of amides is 1. The first-order chi connectivity index (χ1) is 10.8. The molecule has 1 atom stereocenters. The Hall–Kier alpha value is -0.650. The van der Waals surface area contributed by atoms with Crippen molar-refractivity contribution in [3.8, 4) is 0 Å². The Morgan fingerprint density at radius 1 is 1.09 bits per heavy atom. The van der Waals surface area contributed by atoms with Gasteiger partial charge in [-0.15, -0.1) is 0 Å². The Bertz CT molecular complexity index is 365. The Kier molecular flexibility index (Phi) is 5.71. The van der Waals surface area contributed by atoms with E-state index in [1.807, 2.05) is 0 Å². The molecule has 2 heterocycles. The van der Waals surface area contributed by atoms with Crippen molar-refractivity contribution in [1.29, 1.82) is 0 Å². The van der Waals surface area contributed by atoms with E-state index in [0.29, 0.717) is 18.6 Å². The van der Waals surface area contributed by atoms with E-state index in [1.165, 1.54) is 25.7 Å². The maximum atomic E-state index is 12.3. The number of nitrogens with zero attached hydrogens (tertiary/aromatic N) is 2. The Balaban J connectivity index is 1.36. The first-order valence-corrected chi connectivity index (χ1v) is 9.14. The van der Waals surface area contributed by atoms with Crippen LogP contribution in [0.5, 0.6) is 0 Å². The van der Waals surface area contributed by atoms with Crippen LogP contribution in [0, 0.1) is 0 Å². The molecular formula is C17H31N3O2. The molecule has 3 fully saturated rings. The monoisotopic (exact) mass is 309 g/mol. The fourth-order valence-electron chi connectivity index (χ4n) is 4.06. The summed E-state index contributed by atoms with van der Waals surface area (Å²) in [6.07, 6.45) is 9.19. The first-order valence-electron chi connectivity index (χ1n) is 9.14. The lowest BCUT2D eigenvalue weighted by molar-refractivity contribution is -0.123. The zero-order valence-electron chi connectivity index (χ0n) is 13.7. The lowest BCUT2D eigenvalue weighted by Crippen LogP contribution is -2.48. The predicted octanol–water partition coefficient (Wildman–Crippen LogP) is 0.966. The van der Waals surface area contributed by atoms with Gasteiger partial charge in [0, 0.05) is 37.8 Å². The molecule has 0 spiro atoms. The highest BCUT2D eigenvalue weighted by Crippen LogP contribution is 2.29. The van der Waals surface area contributed by atoms with Crippen molar-refractivity contribution in [2.24, 2.45) is 0 Å². The number of aliphatic hydroxyl groups excluding tert-OH is 1. The molecule has 0 bridgehead atoms. The number of piperidine rings is 1. The quantitative estimate of drug-likeness (QED) is 0.736. The van der Waals surface area contributed by atoms with Gasteiger partial charge in [0.2, 0.25) is 5.91 Å². The summed E-state index contributed by atoms with van der Waals surface area (Å²) in [7, 11) is 0. The number of rotatable bonds is 7. The van der Waals surface area contributed by atoms with Crippen molar-refractivity contribution in [3.05, 3.63) is 0 Å². The van der Waals surface area contributed by atoms with Gasteiger partial charge in [0.15, 0.2) is 0 Å². The van der Waals surface area contributed by atoms with Crippen molar-refractivity contribution >= 4 is 5.91 Å². The van der Waals surface area contributed by atoms with E-state index in [0.717, 1.165) is 51.4 Å². The molecule has 3 rings (SSSR count). The molecule has 1 saturated carbocycles. The van der Waals surface area contributed by atoms with Crippen LogP contribution in [-0.4, -0.2) is 71.7 Å². The van der Waals surface area contributed by atoms with Gasteiger partial charge in [-0.25, -0.2) is 0 Å². The number of hydrogen-bond donors (Lipinski definition) is 2. The summed E-state index contributed by atoms with van der Waals surface area (Å²) >= 11 is 0. The molecule has 5 heteroatoms.